The van der Waals surface area contributed by atoms with Gasteiger partial charge in [-0.1, -0.05) is 17.7 Å². The zero-order chi connectivity index (χ0) is 16.4. The number of sulfonamides is 1. The van der Waals surface area contributed by atoms with Gasteiger partial charge in [0.25, 0.3) is 0 Å². The van der Waals surface area contributed by atoms with E-state index >= 15 is 0 Å². The van der Waals surface area contributed by atoms with Crippen LogP contribution in [0.3, 0.4) is 0 Å². The minimum atomic E-state index is -3.58. The van der Waals surface area contributed by atoms with Crippen LogP contribution >= 0.6 is 11.6 Å². The van der Waals surface area contributed by atoms with Crippen molar-refractivity contribution >= 4 is 27.6 Å². The molecule has 1 aromatic heterocycles. The Hall–Kier alpha value is -1.70. The van der Waals surface area contributed by atoms with Crippen molar-refractivity contribution in [3.05, 3.63) is 47.2 Å². The van der Waals surface area contributed by atoms with E-state index in [1.165, 1.54) is 4.31 Å². The summed E-state index contributed by atoms with van der Waals surface area (Å²) in [7, 11) is -3.58. The van der Waals surface area contributed by atoms with Gasteiger partial charge in [0.15, 0.2) is 0 Å². The zero-order valence-corrected chi connectivity index (χ0v) is 14.3. The van der Waals surface area contributed by atoms with Gasteiger partial charge in [-0.25, -0.2) is 18.4 Å². The van der Waals surface area contributed by atoms with E-state index in [9.17, 15) is 8.42 Å². The van der Waals surface area contributed by atoms with Crippen molar-refractivity contribution in [1.29, 1.82) is 0 Å². The lowest BCUT2D eigenvalue weighted by Gasteiger charge is -2.34. The predicted octanol–water partition coefficient (Wildman–Crippen LogP) is 1.95. The molecule has 23 heavy (non-hydrogen) atoms. The summed E-state index contributed by atoms with van der Waals surface area (Å²) in [5.41, 5.74) is 0.931. The Bertz CT molecular complexity index is 790. The van der Waals surface area contributed by atoms with E-state index < -0.39 is 10.0 Å². The van der Waals surface area contributed by atoms with Crippen LogP contribution < -0.4 is 4.90 Å². The third-order valence-electron chi connectivity index (χ3n) is 3.78. The molecule has 0 aliphatic carbocycles. The number of benzene rings is 1. The highest BCUT2D eigenvalue weighted by Gasteiger charge is 2.30. The first-order chi connectivity index (χ1) is 11.0. The Morgan fingerprint density at radius 2 is 1.74 bits per heavy atom. The molecule has 0 unspecified atom stereocenters. The van der Waals surface area contributed by atoms with Crippen LogP contribution in [0, 0.1) is 6.92 Å². The van der Waals surface area contributed by atoms with Gasteiger partial charge >= 0.3 is 0 Å². The summed E-state index contributed by atoms with van der Waals surface area (Å²) in [5, 5.41) is 0.263. The Labute approximate surface area is 140 Å². The normalized spacial score (nSPS) is 16.5. The highest BCUT2D eigenvalue weighted by atomic mass is 35.5. The van der Waals surface area contributed by atoms with Crippen LogP contribution in [-0.4, -0.2) is 48.9 Å². The summed E-state index contributed by atoms with van der Waals surface area (Å²) in [4.78, 5) is 10.5. The Balaban J connectivity index is 1.76. The molecular weight excluding hydrogens is 336 g/mol. The highest BCUT2D eigenvalue weighted by Crippen LogP contribution is 2.26. The number of anilines is 1. The van der Waals surface area contributed by atoms with Crippen LogP contribution in [0.5, 0.6) is 0 Å². The largest absolute Gasteiger partial charge is 0.338 e. The first kappa shape index (κ1) is 16.2. The second-order valence-corrected chi connectivity index (χ2v) is 7.69. The van der Waals surface area contributed by atoms with E-state index in [0.29, 0.717) is 32.1 Å². The summed E-state index contributed by atoms with van der Waals surface area (Å²) in [6.45, 7) is 3.73. The predicted molar refractivity (Wildman–Crippen MR) is 89.2 cm³/mol. The van der Waals surface area contributed by atoms with Crippen molar-refractivity contribution in [3.63, 3.8) is 0 Å². The smallest absolute Gasteiger partial charge is 0.244 e. The van der Waals surface area contributed by atoms with E-state index in [2.05, 4.69) is 9.97 Å². The zero-order valence-electron chi connectivity index (χ0n) is 12.7. The monoisotopic (exact) mass is 352 g/mol. The second kappa shape index (κ2) is 6.43. The quantitative estimate of drug-likeness (QED) is 0.844. The number of hydrogen-bond acceptors (Lipinski definition) is 5. The van der Waals surface area contributed by atoms with E-state index in [1.807, 2.05) is 11.8 Å². The molecule has 6 nitrogen and oxygen atoms in total. The molecule has 1 aliphatic rings. The minimum absolute atomic E-state index is 0.161. The van der Waals surface area contributed by atoms with Gasteiger partial charge in [-0.05, 0) is 30.7 Å². The Morgan fingerprint density at radius 1 is 1.09 bits per heavy atom. The lowest BCUT2D eigenvalue weighted by atomic mass is 10.2. The first-order valence-corrected chi connectivity index (χ1v) is 9.08. The third-order valence-corrected chi connectivity index (χ3v) is 6.16. The van der Waals surface area contributed by atoms with Gasteiger partial charge in [0.2, 0.25) is 16.0 Å². The van der Waals surface area contributed by atoms with Crippen molar-refractivity contribution in [3.8, 4) is 0 Å². The number of aryl methyl sites for hydroxylation is 1. The topological polar surface area (TPSA) is 66.4 Å². The van der Waals surface area contributed by atoms with Crippen LogP contribution in [0.25, 0.3) is 0 Å². The minimum Gasteiger partial charge on any atom is -0.338 e. The van der Waals surface area contributed by atoms with Crippen molar-refractivity contribution in [1.82, 2.24) is 14.3 Å². The summed E-state index contributed by atoms with van der Waals surface area (Å²) in [6, 6.07) is 6.75. The van der Waals surface area contributed by atoms with Gasteiger partial charge in [-0.15, -0.1) is 0 Å². The Morgan fingerprint density at radius 3 is 2.35 bits per heavy atom. The second-order valence-electron chi connectivity index (χ2n) is 5.37. The van der Waals surface area contributed by atoms with Crippen molar-refractivity contribution in [2.45, 2.75) is 11.8 Å². The summed E-state index contributed by atoms with van der Waals surface area (Å²) in [5.74, 6) is 0.623. The van der Waals surface area contributed by atoms with Gasteiger partial charge in [-0.3, -0.25) is 0 Å². The van der Waals surface area contributed by atoms with Crippen LogP contribution in [-0.2, 0) is 10.0 Å². The molecule has 3 rings (SSSR count). The van der Waals surface area contributed by atoms with Crippen LogP contribution in [0.4, 0.5) is 5.95 Å². The maximum absolute atomic E-state index is 12.8. The fourth-order valence-electron chi connectivity index (χ4n) is 2.54. The standard InChI is InChI=1S/C15H17ClN4O2S/c1-12-3-4-14(13(16)11-12)23(21,22)20-9-7-19(8-10-20)15-17-5-2-6-18-15/h2-6,11H,7-10H2,1H3. The molecule has 1 aliphatic heterocycles. The number of halogens is 1. The van der Waals surface area contributed by atoms with E-state index in [4.69, 9.17) is 11.6 Å². The average Bonchev–Trinajstić information content (AvgIpc) is 2.55. The number of piperazine rings is 1. The summed E-state index contributed by atoms with van der Waals surface area (Å²) in [6.07, 6.45) is 3.36. The summed E-state index contributed by atoms with van der Waals surface area (Å²) >= 11 is 6.12. The molecule has 0 saturated carbocycles. The van der Waals surface area contributed by atoms with Crippen molar-refractivity contribution in [2.75, 3.05) is 31.1 Å². The van der Waals surface area contributed by atoms with Gasteiger partial charge in [0, 0.05) is 38.6 Å². The maximum Gasteiger partial charge on any atom is 0.244 e. The maximum atomic E-state index is 12.8. The molecule has 0 amide bonds. The summed E-state index contributed by atoms with van der Waals surface area (Å²) < 4.78 is 27.0. The molecule has 2 aromatic rings. The number of nitrogens with zero attached hydrogens (tertiary/aromatic N) is 4. The lowest BCUT2D eigenvalue weighted by Crippen LogP contribution is -2.49. The molecule has 0 radical (unpaired) electrons. The molecule has 1 fully saturated rings. The fourth-order valence-corrected chi connectivity index (χ4v) is 4.53. The molecule has 0 bridgehead atoms. The average molecular weight is 353 g/mol. The third kappa shape index (κ3) is 3.31. The number of hydrogen-bond donors (Lipinski definition) is 0. The van der Waals surface area contributed by atoms with E-state index in [1.54, 1.807) is 36.7 Å². The molecule has 0 spiro atoms. The van der Waals surface area contributed by atoms with Gasteiger partial charge in [-0.2, -0.15) is 4.31 Å². The molecule has 122 valence electrons. The first-order valence-electron chi connectivity index (χ1n) is 7.27. The van der Waals surface area contributed by atoms with Gasteiger partial charge < -0.3 is 4.90 Å². The fraction of sp³-hybridized carbons (Fsp3) is 0.333. The van der Waals surface area contributed by atoms with Gasteiger partial charge in [0.1, 0.15) is 4.90 Å². The molecule has 1 saturated heterocycles. The molecular formula is C15H17ClN4O2S. The van der Waals surface area contributed by atoms with Crippen LogP contribution in [0.15, 0.2) is 41.6 Å². The highest BCUT2D eigenvalue weighted by molar-refractivity contribution is 7.89. The lowest BCUT2D eigenvalue weighted by molar-refractivity contribution is 0.382. The van der Waals surface area contributed by atoms with Crippen LogP contribution in [0.2, 0.25) is 5.02 Å². The van der Waals surface area contributed by atoms with Gasteiger partial charge in [0.05, 0.1) is 5.02 Å². The Kier molecular flexibility index (Phi) is 4.52. The van der Waals surface area contributed by atoms with Crippen molar-refractivity contribution in [2.24, 2.45) is 0 Å². The molecule has 2 heterocycles. The van der Waals surface area contributed by atoms with Crippen LogP contribution in [0.1, 0.15) is 5.56 Å². The van der Waals surface area contributed by atoms with E-state index in [0.717, 1.165) is 5.56 Å². The number of rotatable bonds is 3. The SMILES string of the molecule is Cc1ccc(S(=O)(=O)N2CCN(c3ncccn3)CC2)c(Cl)c1. The molecule has 0 atom stereocenters. The molecule has 1 aromatic carbocycles. The number of aromatic nitrogens is 2. The van der Waals surface area contributed by atoms with Crippen molar-refractivity contribution < 1.29 is 8.42 Å². The van der Waals surface area contributed by atoms with E-state index in [-0.39, 0.29) is 9.92 Å². The molecule has 0 N–H and O–H groups in total. The molecule has 8 heteroatoms.